The zero-order chi connectivity index (χ0) is 13.9. The van der Waals surface area contributed by atoms with Crippen LogP contribution in [0.15, 0.2) is 41.8 Å². The number of fused-ring (bicyclic) bond motifs is 1. The topological polar surface area (TPSA) is 32.3 Å². The van der Waals surface area contributed by atoms with Crippen molar-refractivity contribution in [1.82, 2.24) is 4.90 Å². The van der Waals surface area contributed by atoms with Crippen LogP contribution < -0.4 is 5.32 Å². The number of nitrogens with one attached hydrogen (secondary N) is 1. The highest BCUT2D eigenvalue weighted by Crippen LogP contribution is 2.26. The molecule has 1 atom stereocenters. The number of nitrogens with zero attached hydrogens (tertiary/aromatic N) is 1. The van der Waals surface area contributed by atoms with Crippen molar-refractivity contribution in [3.63, 3.8) is 0 Å². The number of hydrogen-bond donors (Lipinski definition) is 1. The number of alkyl halides is 1. The summed E-state index contributed by atoms with van der Waals surface area (Å²) in [7, 11) is 0. The minimum Gasteiger partial charge on any atom is -0.324 e. The van der Waals surface area contributed by atoms with E-state index in [-0.39, 0.29) is 5.91 Å². The number of carbonyl (C=O) groups excluding carboxylic acids is 1. The van der Waals surface area contributed by atoms with Crippen molar-refractivity contribution in [2.24, 2.45) is 0 Å². The first-order valence-corrected chi connectivity index (χ1v) is 7.85. The van der Waals surface area contributed by atoms with Crippen molar-refractivity contribution in [2.75, 3.05) is 11.9 Å². The molecule has 0 unspecified atom stereocenters. The fourth-order valence-electron chi connectivity index (χ4n) is 2.35. The molecule has 5 heteroatoms. The second kappa shape index (κ2) is 5.95. The summed E-state index contributed by atoms with van der Waals surface area (Å²) in [6.45, 7) is 1.57. The third kappa shape index (κ3) is 2.87. The lowest BCUT2D eigenvalue weighted by molar-refractivity contribution is -0.119. The van der Waals surface area contributed by atoms with Gasteiger partial charge in [-0.1, -0.05) is 29.8 Å². The number of rotatable bonds is 3. The van der Waals surface area contributed by atoms with Gasteiger partial charge in [0.1, 0.15) is 0 Å². The molecule has 3 nitrogen and oxygen atoms in total. The van der Waals surface area contributed by atoms with Crippen LogP contribution in [-0.4, -0.2) is 22.9 Å². The van der Waals surface area contributed by atoms with Crippen LogP contribution in [0.25, 0.3) is 0 Å². The Labute approximate surface area is 127 Å². The maximum Gasteiger partial charge on any atom is 0.257 e. The van der Waals surface area contributed by atoms with Crippen LogP contribution in [0.3, 0.4) is 0 Å². The van der Waals surface area contributed by atoms with Crippen LogP contribution in [0, 0.1) is 0 Å². The van der Waals surface area contributed by atoms with Gasteiger partial charge >= 0.3 is 0 Å². The molecular weight excluding hydrogens is 292 g/mol. The Bertz CT molecular complexity index is 599. The monoisotopic (exact) mass is 306 g/mol. The highest BCUT2D eigenvalue weighted by atomic mass is 35.5. The third-order valence-corrected chi connectivity index (χ3v) is 4.91. The molecular formula is C15H15ClN2OS. The van der Waals surface area contributed by atoms with Gasteiger partial charge in [0.25, 0.3) is 5.91 Å². The van der Waals surface area contributed by atoms with Crippen LogP contribution in [-0.2, 0) is 17.8 Å². The predicted octanol–water partition coefficient (Wildman–Crippen LogP) is 3.31. The fourth-order valence-corrected chi connectivity index (χ4v) is 3.46. The van der Waals surface area contributed by atoms with Crippen molar-refractivity contribution >= 4 is 34.5 Å². The smallest absolute Gasteiger partial charge is 0.257 e. The first-order chi connectivity index (χ1) is 9.74. The van der Waals surface area contributed by atoms with Crippen LogP contribution in [0.2, 0.25) is 0 Å². The average molecular weight is 307 g/mol. The van der Waals surface area contributed by atoms with E-state index in [4.69, 9.17) is 11.6 Å². The highest BCUT2D eigenvalue weighted by Gasteiger charge is 2.27. The van der Waals surface area contributed by atoms with Crippen LogP contribution >= 0.6 is 22.9 Å². The normalized spacial score (nSPS) is 16.4. The van der Waals surface area contributed by atoms with Gasteiger partial charge in [0, 0.05) is 23.7 Å². The summed E-state index contributed by atoms with van der Waals surface area (Å²) in [5.74, 6) is -0.170. The van der Waals surface area contributed by atoms with Crippen molar-refractivity contribution < 1.29 is 4.79 Å². The molecule has 0 saturated heterocycles. The lowest BCUT2D eigenvalue weighted by Crippen LogP contribution is -2.42. The summed E-state index contributed by atoms with van der Waals surface area (Å²) < 4.78 is 0. The molecule has 1 aliphatic rings. The van der Waals surface area contributed by atoms with E-state index < -0.39 is 5.50 Å². The molecule has 0 aliphatic carbocycles. The highest BCUT2D eigenvalue weighted by molar-refractivity contribution is 7.10. The molecule has 2 heterocycles. The number of benzene rings is 1. The molecule has 1 aromatic carbocycles. The molecule has 0 radical (unpaired) electrons. The largest absolute Gasteiger partial charge is 0.324 e. The Morgan fingerprint density at radius 1 is 1.30 bits per heavy atom. The summed E-state index contributed by atoms with van der Waals surface area (Å²) in [6, 6.07) is 11.5. The Kier molecular flexibility index (Phi) is 4.05. The van der Waals surface area contributed by atoms with E-state index >= 15 is 0 Å². The van der Waals surface area contributed by atoms with Crippen molar-refractivity contribution in [2.45, 2.75) is 18.5 Å². The van der Waals surface area contributed by atoms with E-state index in [1.165, 1.54) is 10.4 Å². The van der Waals surface area contributed by atoms with E-state index in [0.29, 0.717) is 0 Å². The van der Waals surface area contributed by atoms with E-state index in [1.54, 1.807) is 11.3 Å². The fraction of sp³-hybridized carbons (Fsp3) is 0.267. The molecule has 0 fully saturated rings. The second-order valence-corrected chi connectivity index (χ2v) is 6.19. The lowest BCUT2D eigenvalue weighted by Gasteiger charge is -2.30. The molecule has 20 heavy (non-hydrogen) atoms. The van der Waals surface area contributed by atoms with E-state index in [1.807, 2.05) is 35.2 Å². The molecule has 1 N–H and O–H groups in total. The molecule has 3 rings (SSSR count). The molecule has 0 bridgehead atoms. The predicted molar refractivity (Wildman–Crippen MR) is 83.1 cm³/mol. The molecule has 1 aliphatic heterocycles. The van der Waals surface area contributed by atoms with Gasteiger partial charge in [-0.25, -0.2) is 0 Å². The quantitative estimate of drug-likeness (QED) is 0.697. The van der Waals surface area contributed by atoms with Gasteiger partial charge in [0.2, 0.25) is 0 Å². The number of anilines is 1. The first kappa shape index (κ1) is 13.6. The van der Waals surface area contributed by atoms with E-state index in [0.717, 1.165) is 25.2 Å². The number of halogens is 1. The standard InChI is InChI=1S/C15H15ClN2OS/c16-14(15(19)17-12-4-2-1-3-5-12)18-8-6-13-11(10-18)7-9-20-13/h1-5,7,9,14H,6,8,10H2,(H,17,19)/t14-/m1/s1. The number of para-hydroxylation sites is 1. The van der Waals surface area contributed by atoms with Gasteiger partial charge in [-0.05, 0) is 35.6 Å². The van der Waals surface area contributed by atoms with E-state index in [2.05, 4.69) is 16.8 Å². The third-order valence-electron chi connectivity index (χ3n) is 3.42. The average Bonchev–Trinajstić information content (AvgIpc) is 2.94. The van der Waals surface area contributed by atoms with Crippen molar-refractivity contribution in [3.05, 3.63) is 52.2 Å². The lowest BCUT2D eigenvalue weighted by atomic mass is 10.1. The van der Waals surface area contributed by atoms with Crippen LogP contribution in [0.5, 0.6) is 0 Å². The Morgan fingerprint density at radius 2 is 2.10 bits per heavy atom. The zero-order valence-electron chi connectivity index (χ0n) is 10.9. The Balaban J connectivity index is 1.64. The van der Waals surface area contributed by atoms with Crippen molar-refractivity contribution in [1.29, 1.82) is 0 Å². The maximum atomic E-state index is 12.2. The van der Waals surface area contributed by atoms with E-state index in [9.17, 15) is 4.79 Å². The molecule has 2 aromatic rings. The SMILES string of the molecule is O=C(Nc1ccccc1)[C@H](Cl)N1CCc2sccc2C1. The number of carbonyl (C=O) groups is 1. The molecule has 0 saturated carbocycles. The molecule has 1 amide bonds. The van der Waals surface area contributed by atoms with Gasteiger partial charge in [-0.3, -0.25) is 9.69 Å². The number of amides is 1. The van der Waals surface area contributed by atoms with Crippen LogP contribution in [0.4, 0.5) is 5.69 Å². The second-order valence-electron chi connectivity index (χ2n) is 4.78. The minimum atomic E-state index is -0.636. The van der Waals surface area contributed by atoms with Crippen LogP contribution in [0.1, 0.15) is 10.4 Å². The number of hydrogen-bond acceptors (Lipinski definition) is 3. The molecule has 1 aromatic heterocycles. The van der Waals surface area contributed by atoms with Gasteiger partial charge in [-0.15, -0.1) is 11.3 Å². The molecule has 0 spiro atoms. The van der Waals surface area contributed by atoms with Gasteiger partial charge in [0.15, 0.2) is 5.50 Å². The summed E-state index contributed by atoms with van der Waals surface area (Å²) in [6.07, 6.45) is 0.967. The van der Waals surface area contributed by atoms with Crippen molar-refractivity contribution in [3.8, 4) is 0 Å². The number of thiophene rings is 1. The Morgan fingerprint density at radius 3 is 2.90 bits per heavy atom. The zero-order valence-corrected chi connectivity index (χ0v) is 12.5. The minimum absolute atomic E-state index is 0.170. The molecule has 104 valence electrons. The summed E-state index contributed by atoms with van der Waals surface area (Å²) in [5.41, 5.74) is 1.43. The maximum absolute atomic E-state index is 12.2. The van der Waals surface area contributed by atoms with Gasteiger partial charge < -0.3 is 5.32 Å². The summed E-state index contributed by atoms with van der Waals surface area (Å²) in [5, 5.41) is 4.95. The van der Waals surface area contributed by atoms with Gasteiger partial charge in [-0.2, -0.15) is 0 Å². The van der Waals surface area contributed by atoms with Gasteiger partial charge in [0.05, 0.1) is 0 Å². The first-order valence-electron chi connectivity index (χ1n) is 6.53. The summed E-state index contributed by atoms with van der Waals surface area (Å²) in [4.78, 5) is 15.6. The Hall–Kier alpha value is -1.36. The summed E-state index contributed by atoms with van der Waals surface area (Å²) >= 11 is 8.09.